The van der Waals surface area contributed by atoms with E-state index in [0.717, 1.165) is 12.0 Å². The molecule has 0 aliphatic carbocycles. The summed E-state index contributed by atoms with van der Waals surface area (Å²) in [5.41, 5.74) is 2.08. The fraction of sp³-hybridized carbons (Fsp3) is 0.348. The van der Waals surface area contributed by atoms with Gasteiger partial charge in [0, 0.05) is 38.2 Å². The molecule has 7 nitrogen and oxygen atoms in total. The van der Waals surface area contributed by atoms with Crippen LogP contribution in [0.25, 0.3) is 11.5 Å². The molecular weight excluding hydrogens is 380 g/mol. The number of hydrogen-bond donors (Lipinski definition) is 1. The average Bonchev–Trinajstić information content (AvgIpc) is 3.43. The van der Waals surface area contributed by atoms with E-state index >= 15 is 0 Å². The highest BCUT2D eigenvalue weighted by Gasteiger charge is 2.39. The first kappa shape index (κ1) is 20.1. The second-order valence-corrected chi connectivity index (χ2v) is 7.51. The summed E-state index contributed by atoms with van der Waals surface area (Å²) in [5, 5.41) is 11.5. The number of rotatable bonds is 7. The summed E-state index contributed by atoms with van der Waals surface area (Å²) in [6.45, 7) is 2.25. The van der Waals surface area contributed by atoms with Crippen LogP contribution in [-0.2, 0) is 11.2 Å². The first-order valence-corrected chi connectivity index (χ1v) is 10.2. The topological polar surface area (TPSA) is 80.5 Å². The number of likely N-dealkylation sites (tertiary alicyclic amines) is 1. The number of aromatic nitrogens is 2. The fourth-order valence-electron chi connectivity index (χ4n) is 3.85. The number of benzene rings is 2. The van der Waals surface area contributed by atoms with E-state index in [1.165, 1.54) is 5.56 Å². The molecule has 30 heavy (non-hydrogen) atoms. The molecule has 156 valence electrons. The number of hydrogen-bond acceptors (Lipinski definition) is 5. The van der Waals surface area contributed by atoms with E-state index in [1.807, 2.05) is 53.4 Å². The Morgan fingerprint density at radius 1 is 1.10 bits per heavy atom. The number of methoxy groups -OCH3 is 1. The van der Waals surface area contributed by atoms with Crippen LogP contribution >= 0.6 is 0 Å². The van der Waals surface area contributed by atoms with Crippen molar-refractivity contribution < 1.29 is 13.9 Å². The van der Waals surface area contributed by atoms with E-state index in [2.05, 4.69) is 27.6 Å². The lowest BCUT2D eigenvalue weighted by atomic mass is 9.97. The molecule has 3 aromatic rings. The Labute approximate surface area is 176 Å². The van der Waals surface area contributed by atoms with Crippen LogP contribution in [0.3, 0.4) is 0 Å². The minimum atomic E-state index is -0.0719. The number of carbonyl (C=O) groups is 1. The molecule has 2 atom stereocenters. The lowest BCUT2D eigenvalue weighted by Gasteiger charge is -2.17. The Balaban J connectivity index is 1.39. The first-order valence-electron chi connectivity index (χ1n) is 10.2. The van der Waals surface area contributed by atoms with Gasteiger partial charge in [-0.1, -0.05) is 48.5 Å². The number of urea groups is 1. The summed E-state index contributed by atoms with van der Waals surface area (Å²) in [6, 6.07) is 19.7. The molecule has 1 aliphatic heterocycles. The van der Waals surface area contributed by atoms with Crippen molar-refractivity contribution in [3.8, 4) is 11.5 Å². The number of ether oxygens (including phenoxy) is 1. The fourth-order valence-corrected chi connectivity index (χ4v) is 3.85. The molecule has 0 unspecified atom stereocenters. The third-order valence-electron chi connectivity index (χ3n) is 5.42. The molecular formula is C23H26N4O3. The predicted molar refractivity (Wildman–Crippen MR) is 113 cm³/mol. The van der Waals surface area contributed by atoms with Gasteiger partial charge in [0.05, 0.1) is 12.5 Å². The lowest BCUT2D eigenvalue weighted by Crippen LogP contribution is -2.39. The maximum absolute atomic E-state index is 12.7. The van der Waals surface area contributed by atoms with E-state index in [-0.39, 0.29) is 17.9 Å². The lowest BCUT2D eigenvalue weighted by molar-refractivity contribution is 0.144. The zero-order chi connectivity index (χ0) is 20.8. The van der Waals surface area contributed by atoms with Crippen LogP contribution in [0.5, 0.6) is 0 Å². The van der Waals surface area contributed by atoms with Gasteiger partial charge in [-0.3, -0.25) is 0 Å². The number of nitrogens with one attached hydrogen (secondary N) is 1. The minimum absolute atomic E-state index is 0.0465. The van der Waals surface area contributed by atoms with Gasteiger partial charge >= 0.3 is 6.03 Å². The monoisotopic (exact) mass is 406 g/mol. The zero-order valence-electron chi connectivity index (χ0n) is 17.0. The molecule has 1 aliphatic rings. The molecule has 0 radical (unpaired) electrons. The van der Waals surface area contributed by atoms with Crippen LogP contribution in [0.4, 0.5) is 4.79 Å². The second-order valence-electron chi connectivity index (χ2n) is 7.51. The summed E-state index contributed by atoms with van der Waals surface area (Å²) >= 11 is 0. The summed E-state index contributed by atoms with van der Waals surface area (Å²) in [4.78, 5) is 14.5. The van der Waals surface area contributed by atoms with E-state index in [4.69, 9.17) is 9.15 Å². The van der Waals surface area contributed by atoms with E-state index in [0.29, 0.717) is 38.0 Å². The molecule has 2 heterocycles. The van der Waals surface area contributed by atoms with Gasteiger partial charge in [-0.15, -0.1) is 10.2 Å². The molecule has 0 spiro atoms. The number of nitrogens with zero attached hydrogens (tertiary/aromatic N) is 3. The SMILES string of the molecule is COC[C@@H]1CN(C(=O)NCCc2ccccc2)C[C@H]1c1nnc(-c2ccccc2)o1. The molecule has 0 saturated carbocycles. The summed E-state index contributed by atoms with van der Waals surface area (Å²) in [6.07, 6.45) is 0.801. The molecule has 4 rings (SSSR count). The second kappa shape index (κ2) is 9.54. The third kappa shape index (κ3) is 4.68. The Morgan fingerprint density at radius 2 is 1.83 bits per heavy atom. The molecule has 0 bridgehead atoms. The molecule has 1 N–H and O–H groups in total. The average molecular weight is 406 g/mol. The summed E-state index contributed by atoms with van der Waals surface area (Å²) < 4.78 is 11.3. The van der Waals surface area contributed by atoms with Crippen LogP contribution in [-0.4, -0.2) is 54.5 Å². The van der Waals surface area contributed by atoms with Crippen molar-refractivity contribution in [2.45, 2.75) is 12.3 Å². The van der Waals surface area contributed by atoms with Crippen molar-refractivity contribution >= 4 is 6.03 Å². The molecule has 1 aromatic heterocycles. The van der Waals surface area contributed by atoms with Gasteiger partial charge in [0.25, 0.3) is 0 Å². The first-order chi connectivity index (χ1) is 14.7. The standard InChI is InChI=1S/C23H26N4O3/c1-29-16-19-14-27(23(28)24-13-12-17-8-4-2-5-9-17)15-20(19)22-26-25-21(30-22)18-10-6-3-7-11-18/h2-11,19-20H,12-16H2,1H3,(H,24,28)/t19-,20+/m0/s1. The zero-order valence-corrected chi connectivity index (χ0v) is 17.0. The highest BCUT2D eigenvalue weighted by atomic mass is 16.5. The molecule has 1 fully saturated rings. The number of amides is 2. The van der Waals surface area contributed by atoms with Gasteiger partial charge < -0.3 is 19.4 Å². The van der Waals surface area contributed by atoms with Crippen LogP contribution in [0.1, 0.15) is 17.4 Å². The van der Waals surface area contributed by atoms with Gasteiger partial charge in [-0.05, 0) is 24.1 Å². The van der Waals surface area contributed by atoms with Crippen LogP contribution in [0.2, 0.25) is 0 Å². The highest BCUT2D eigenvalue weighted by molar-refractivity contribution is 5.74. The van der Waals surface area contributed by atoms with Gasteiger partial charge in [0.15, 0.2) is 0 Å². The highest BCUT2D eigenvalue weighted by Crippen LogP contribution is 2.33. The van der Waals surface area contributed by atoms with Gasteiger partial charge in [-0.2, -0.15) is 0 Å². The van der Waals surface area contributed by atoms with Gasteiger partial charge in [-0.25, -0.2) is 4.79 Å². The van der Waals surface area contributed by atoms with Crippen molar-refractivity contribution in [2.75, 3.05) is 33.4 Å². The summed E-state index contributed by atoms with van der Waals surface area (Å²) in [5.74, 6) is 1.11. The largest absolute Gasteiger partial charge is 0.420 e. The molecule has 1 saturated heterocycles. The van der Waals surface area contributed by atoms with Crippen molar-refractivity contribution in [1.82, 2.24) is 20.4 Å². The molecule has 2 aromatic carbocycles. The van der Waals surface area contributed by atoms with Crippen LogP contribution < -0.4 is 5.32 Å². The maximum atomic E-state index is 12.7. The van der Waals surface area contributed by atoms with Crippen LogP contribution in [0.15, 0.2) is 65.1 Å². The van der Waals surface area contributed by atoms with E-state index < -0.39 is 0 Å². The Bertz CT molecular complexity index is 945. The molecule has 7 heteroatoms. The van der Waals surface area contributed by atoms with Crippen molar-refractivity contribution in [1.29, 1.82) is 0 Å². The smallest absolute Gasteiger partial charge is 0.317 e. The van der Waals surface area contributed by atoms with Crippen molar-refractivity contribution in [3.63, 3.8) is 0 Å². The van der Waals surface area contributed by atoms with Crippen molar-refractivity contribution in [2.24, 2.45) is 5.92 Å². The Hall–Kier alpha value is -3.19. The Morgan fingerprint density at radius 3 is 2.57 bits per heavy atom. The summed E-state index contributed by atoms with van der Waals surface area (Å²) in [7, 11) is 1.67. The van der Waals surface area contributed by atoms with Crippen LogP contribution in [0, 0.1) is 5.92 Å². The quantitative estimate of drug-likeness (QED) is 0.651. The van der Waals surface area contributed by atoms with E-state index in [9.17, 15) is 4.79 Å². The van der Waals surface area contributed by atoms with Crippen molar-refractivity contribution in [3.05, 3.63) is 72.1 Å². The predicted octanol–water partition coefficient (Wildman–Crippen LogP) is 3.35. The molecule has 2 amide bonds. The Kier molecular flexibility index (Phi) is 6.39. The normalized spacial score (nSPS) is 18.5. The maximum Gasteiger partial charge on any atom is 0.317 e. The van der Waals surface area contributed by atoms with Gasteiger partial charge in [0.1, 0.15) is 0 Å². The third-order valence-corrected chi connectivity index (χ3v) is 5.42. The van der Waals surface area contributed by atoms with E-state index in [1.54, 1.807) is 7.11 Å². The minimum Gasteiger partial charge on any atom is -0.420 e. The van der Waals surface area contributed by atoms with Gasteiger partial charge in [0.2, 0.25) is 11.8 Å². The number of carbonyl (C=O) groups excluding carboxylic acids is 1.